The van der Waals surface area contributed by atoms with Gasteiger partial charge in [-0.2, -0.15) is 5.26 Å². The van der Waals surface area contributed by atoms with Gasteiger partial charge in [-0.1, -0.05) is 12.1 Å². The standard InChI is InChI=1S/C14H11N3O2/c1-16(14-5-3-2-4-11(14)10-15)12-6-8-13(9-7-12)17(18)19/h2-9H,1H3. The number of nitro groups is 1. The SMILES string of the molecule is CN(c1ccc([N+](=O)[O-])cc1)c1ccccc1C#N. The zero-order valence-corrected chi connectivity index (χ0v) is 10.3. The molecule has 0 bridgehead atoms. The van der Waals surface area contributed by atoms with Crippen molar-refractivity contribution < 1.29 is 4.92 Å². The molecule has 0 aliphatic carbocycles. The lowest BCUT2D eigenvalue weighted by molar-refractivity contribution is -0.384. The van der Waals surface area contributed by atoms with E-state index in [-0.39, 0.29) is 5.69 Å². The Morgan fingerprint density at radius 1 is 1.16 bits per heavy atom. The molecule has 0 aromatic heterocycles. The quantitative estimate of drug-likeness (QED) is 0.622. The predicted molar refractivity (Wildman–Crippen MR) is 72.3 cm³/mol. The summed E-state index contributed by atoms with van der Waals surface area (Å²) < 4.78 is 0. The van der Waals surface area contributed by atoms with Crippen molar-refractivity contribution in [3.05, 3.63) is 64.2 Å². The van der Waals surface area contributed by atoms with Gasteiger partial charge in [0, 0.05) is 24.9 Å². The summed E-state index contributed by atoms with van der Waals surface area (Å²) in [5, 5.41) is 19.7. The topological polar surface area (TPSA) is 70.2 Å². The molecule has 2 aromatic rings. The largest absolute Gasteiger partial charge is 0.344 e. The van der Waals surface area contributed by atoms with Crippen molar-refractivity contribution in [2.45, 2.75) is 0 Å². The number of hydrogen-bond acceptors (Lipinski definition) is 4. The Morgan fingerprint density at radius 2 is 1.79 bits per heavy atom. The molecule has 0 aliphatic rings. The van der Waals surface area contributed by atoms with Gasteiger partial charge < -0.3 is 4.90 Å². The van der Waals surface area contributed by atoms with Crippen molar-refractivity contribution in [3.63, 3.8) is 0 Å². The summed E-state index contributed by atoms with van der Waals surface area (Å²) in [6.07, 6.45) is 0. The van der Waals surface area contributed by atoms with E-state index < -0.39 is 4.92 Å². The number of para-hydroxylation sites is 1. The first-order chi connectivity index (χ1) is 9.13. The van der Waals surface area contributed by atoms with Crippen molar-refractivity contribution in [1.82, 2.24) is 0 Å². The minimum Gasteiger partial charge on any atom is -0.344 e. The molecule has 0 saturated heterocycles. The highest BCUT2D eigenvalue weighted by Gasteiger charge is 2.10. The molecule has 0 atom stereocenters. The number of non-ortho nitro benzene ring substituents is 1. The first-order valence-electron chi connectivity index (χ1n) is 5.61. The zero-order valence-electron chi connectivity index (χ0n) is 10.3. The number of anilines is 2. The Morgan fingerprint density at radius 3 is 2.37 bits per heavy atom. The molecule has 0 heterocycles. The van der Waals surface area contributed by atoms with Crippen molar-refractivity contribution in [2.75, 3.05) is 11.9 Å². The van der Waals surface area contributed by atoms with Gasteiger partial charge >= 0.3 is 0 Å². The molecule has 0 radical (unpaired) electrons. The van der Waals surface area contributed by atoms with Gasteiger partial charge in [-0.25, -0.2) is 0 Å². The maximum atomic E-state index is 10.6. The Bertz CT molecular complexity index is 644. The molecule has 0 amide bonds. The molecule has 5 heteroatoms. The Kier molecular flexibility index (Phi) is 3.44. The molecule has 0 fully saturated rings. The smallest absolute Gasteiger partial charge is 0.269 e. The maximum absolute atomic E-state index is 10.6. The van der Waals surface area contributed by atoms with Gasteiger partial charge in [0.15, 0.2) is 0 Å². The Balaban J connectivity index is 2.36. The third-order valence-corrected chi connectivity index (χ3v) is 2.83. The van der Waals surface area contributed by atoms with Crippen LogP contribution in [0.1, 0.15) is 5.56 Å². The van der Waals surface area contributed by atoms with E-state index in [0.717, 1.165) is 11.4 Å². The number of nitriles is 1. The molecular weight excluding hydrogens is 242 g/mol. The van der Waals surface area contributed by atoms with E-state index in [0.29, 0.717) is 5.56 Å². The van der Waals surface area contributed by atoms with Gasteiger partial charge in [-0.15, -0.1) is 0 Å². The summed E-state index contributed by atoms with van der Waals surface area (Å²) in [5.74, 6) is 0. The van der Waals surface area contributed by atoms with E-state index in [4.69, 9.17) is 5.26 Å². The average Bonchev–Trinajstić information content (AvgIpc) is 2.46. The first kappa shape index (κ1) is 12.6. The molecule has 94 valence electrons. The highest BCUT2D eigenvalue weighted by atomic mass is 16.6. The van der Waals surface area contributed by atoms with Crippen LogP contribution in [0.4, 0.5) is 17.1 Å². The van der Waals surface area contributed by atoms with E-state index >= 15 is 0 Å². The van der Waals surface area contributed by atoms with E-state index in [1.165, 1.54) is 12.1 Å². The zero-order chi connectivity index (χ0) is 13.8. The van der Waals surface area contributed by atoms with Crippen molar-refractivity contribution in [1.29, 1.82) is 5.26 Å². The van der Waals surface area contributed by atoms with Crippen LogP contribution in [0, 0.1) is 21.4 Å². The fourth-order valence-electron chi connectivity index (χ4n) is 1.80. The van der Waals surface area contributed by atoms with Crippen LogP contribution in [0.5, 0.6) is 0 Å². The van der Waals surface area contributed by atoms with E-state index in [1.807, 2.05) is 24.1 Å². The van der Waals surface area contributed by atoms with Crippen LogP contribution < -0.4 is 4.90 Å². The van der Waals surface area contributed by atoms with Crippen LogP contribution in [0.2, 0.25) is 0 Å². The summed E-state index contributed by atoms with van der Waals surface area (Å²) in [5.41, 5.74) is 2.15. The molecule has 2 rings (SSSR count). The summed E-state index contributed by atoms with van der Waals surface area (Å²) in [6.45, 7) is 0. The van der Waals surface area contributed by atoms with Crippen LogP contribution >= 0.6 is 0 Å². The van der Waals surface area contributed by atoms with E-state index in [2.05, 4.69) is 6.07 Å². The van der Waals surface area contributed by atoms with Gasteiger partial charge in [0.1, 0.15) is 6.07 Å². The third-order valence-electron chi connectivity index (χ3n) is 2.83. The summed E-state index contributed by atoms with van der Waals surface area (Å²) in [6, 6.07) is 15.5. The Labute approximate surface area is 110 Å². The molecule has 5 nitrogen and oxygen atoms in total. The van der Waals surface area contributed by atoms with E-state index in [9.17, 15) is 10.1 Å². The molecule has 0 aliphatic heterocycles. The van der Waals surface area contributed by atoms with Gasteiger partial charge in [0.05, 0.1) is 16.2 Å². The van der Waals surface area contributed by atoms with Crippen molar-refractivity contribution >= 4 is 17.1 Å². The lowest BCUT2D eigenvalue weighted by Crippen LogP contribution is -2.10. The number of benzene rings is 2. The lowest BCUT2D eigenvalue weighted by atomic mass is 10.1. The minimum absolute atomic E-state index is 0.0470. The fraction of sp³-hybridized carbons (Fsp3) is 0.0714. The third kappa shape index (κ3) is 2.53. The molecule has 0 spiro atoms. The molecule has 2 aromatic carbocycles. The van der Waals surface area contributed by atoms with Crippen LogP contribution in [0.3, 0.4) is 0 Å². The first-order valence-corrected chi connectivity index (χ1v) is 5.61. The van der Waals surface area contributed by atoms with Crippen LogP contribution in [0.15, 0.2) is 48.5 Å². The minimum atomic E-state index is -0.437. The number of nitro benzene ring substituents is 1. The summed E-state index contributed by atoms with van der Waals surface area (Å²) in [4.78, 5) is 12.0. The maximum Gasteiger partial charge on any atom is 0.269 e. The highest BCUT2D eigenvalue weighted by Crippen LogP contribution is 2.27. The average molecular weight is 253 g/mol. The summed E-state index contributed by atoms with van der Waals surface area (Å²) >= 11 is 0. The number of hydrogen-bond donors (Lipinski definition) is 0. The van der Waals surface area contributed by atoms with Gasteiger partial charge in [-0.3, -0.25) is 10.1 Å². The fourth-order valence-corrected chi connectivity index (χ4v) is 1.80. The number of nitrogens with zero attached hydrogens (tertiary/aromatic N) is 3. The lowest BCUT2D eigenvalue weighted by Gasteiger charge is -2.20. The van der Waals surface area contributed by atoms with Gasteiger partial charge in [0.2, 0.25) is 0 Å². The van der Waals surface area contributed by atoms with Crippen LogP contribution in [-0.2, 0) is 0 Å². The molecule has 19 heavy (non-hydrogen) atoms. The Hall–Kier alpha value is -2.87. The molecule has 0 N–H and O–H groups in total. The second kappa shape index (κ2) is 5.19. The molecular formula is C14H11N3O2. The van der Waals surface area contributed by atoms with Crippen molar-refractivity contribution in [2.24, 2.45) is 0 Å². The van der Waals surface area contributed by atoms with Crippen LogP contribution in [-0.4, -0.2) is 12.0 Å². The predicted octanol–water partition coefficient (Wildman–Crippen LogP) is 3.23. The highest BCUT2D eigenvalue weighted by molar-refractivity contribution is 5.69. The van der Waals surface area contributed by atoms with Gasteiger partial charge in [-0.05, 0) is 24.3 Å². The van der Waals surface area contributed by atoms with Gasteiger partial charge in [0.25, 0.3) is 5.69 Å². The second-order valence-electron chi connectivity index (χ2n) is 3.96. The second-order valence-corrected chi connectivity index (χ2v) is 3.96. The van der Waals surface area contributed by atoms with E-state index in [1.54, 1.807) is 24.3 Å². The number of rotatable bonds is 3. The van der Waals surface area contributed by atoms with Crippen LogP contribution in [0.25, 0.3) is 0 Å². The molecule has 0 saturated carbocycles. The normalized spacial score (nSPS) is 9.68. The van der Waals surface area contributed by atoms with Crippen molar-refractivity contribution in [3.8, 4) is 6.07 Å². The summed E-state index contributed by atoms with van der Waals surface area (Å²) in [7, 11) is 1.82. The monoisotopic (exact) mass is 253 g/mol. The molecule has 0 unspecified atom stereocenters.